The number of hydrogen-bond donors (Lipinski definition) is 1. The van der Waals surface area contributed by atoms with E-state index in [0.717, 1.165) is 16.9 Å². The Balaban J connectivity index is 1.34. The van der Waals surface area contributed by atoms with Crippen molar-refractivity contribution in [3.63, 3.8) is 0 Å². The number of thiophene rings is 1. The van der Waals surface area contributed by atoms with Crippen molar-refractivity contribution in [1.29, 1.82) is 0 Å². The van der Waals surface area contributed by atoms with Crippen LogP contribution in [0.1, 0.15) is 26.4 Å². The van der Waals surface area contributed by atoms with Gasteiger partial charge in [-0.05, 0) is 42.1 Å². The monoisotopic (exact) mass is 438 g/mol. The highest BCUT2D eigenvalue weighted by atomic mass is 35.5. The Morgan fingerprint density at radius 1 is 1.20 bits per heavy atom. The lowest BCUT2D eigenvalue weighted by atomic mass is 10.2. The molecule has 2 aromatic heterocycles. The largest absolute Gasteiger partial charge is 0.489 e. The Hall–Kier alpha value is -3.16. The lowest BCUT2D eigenvalue weighted by Crippen LogP contribution is -2.12. The quantitative estimate of drug-likeness (QED) is 0.431. The van der Waals surface area contributed by atoms with Crippen molar-refractivity contribution in [2.75, 3.05) is 5.32 Å². The smallest absolute Gasteiger partial charge is 0.268 e. The molecule has 0 radical (unpaired) electrons. The average Bonchev–Trinajstić information content (AvgIpc) is 3.39. The van der Waals surface area contributed by atoms with Gasteiger partial charge in [0.1, 0.15) is 18.7 Å². The molecule has 152 valence electrons. The first-order chi connectivity index (χ1) is 14.6. The van der Waals surface area contributed by atoms with E-state index >= 15 is 0 Å². The number of nitrogens with zero attached hydrogens (tertiary/aromatic N) is 3. The fraction of sp³-hybridized carbons (Fsp3) is 0.136. The molecular formula is C22H19ClN4O2S. The molecule has 0 aliphatic rings. The minimum atomic E-state index is -0.253. The molecule has 8 heteroatoms. The van der Waals surface area contributed by atoms with Crippen LogP contribution in [-0.2, 0) is 13.2 Å². The highest BCUT2D eigenvalue weighted by molar-refractivity contribution is 7.12. The maximum Gasteiger partial charge on any atom is 0.268 e. The van der Waals surface area contributed by atoms with Crippen LogP contribution in [0.3, 0.4) is 0 Å². The Kier molecular flexibility index (Phi) is 6.11. The number of hydrogen-bond acceptors (Lipinski definition) is 5. The summed E-state index contributed by atoms with van der Waals surface area (Å²) < 4.78 is 7.40. The molecule has 0 aliphatic heterocycles. The summed E-state index contributed by atoms with van der Waals surface area (Å²) >= 11 is 7.53. The second-order valence-corrected chi connectivity index (χ2v) is 8.05. The summed E-state index contributed by atoms with van der Waals surface area (Å²) in [7, 11) is 0. The zero-order valence-electron chi connectivity index (χ0n) is 16.2. The van der Waals surface area contributed by atoms with Gasteiger partial charge in [0, 0.05) is 10.6 Å². The Morgan fingerprint density at radius 2 is 2.00 bits per heavy atom. The van der Waals surface area contributed by atoms with Gasteiger partial charge in [-0.15, -0.1) is 16.4 Å². The first-order valence-corrected chi connectivity index (χ1v) is 10.5. The number of rotatable bonds is 7. The van der Waals surface area contributed by atoms with Crippen LogP contribution in [0.5, 0.6) is 5.75 Å². The van der Waals surface area contributed by atoms with E-state index in [1.807, 2.05) is 66.9 Å². The number of halogens is 1. The summed E-state index contributed by atoms with van der Waals surface area (Å²) in [6.07, 6.45) is 1.56. The van der Waals surface area contributed by atoms with E-state index in [1.165, 1.54) is 16.9 Å². The number of carbonyl (C=O) groups excluding carboxylic acids is 1. The predicted molar refractivity (Wildman–Crippen MR) is 118 cm³/mol. The number of amides is 1. The van der Waals surface area contributed by atoms with Crippen LogP contribution >= 0.6 is 22.9 Å². The average molecular weight is 439 g/mol. The summed E-state index contributed by atoms with van der Waals surface area (Å²) in [5, 5.41) is 9.60. The number of anilines is 1. The zero-order chi connectivity index (χ0) is 20.9. The maximum absolute atomic E-state index is 12.5. The second kappa shape index (κ2) is 9.11. The molecule has 0 unspecified atom stereocenters. The molecule has 4 rings (SSSR count). The van der Waals surface area contributed by atoms with Gasteiger partial charge >= 0.3 is 0 Å². The van der Waals surface area contributed by atoms with Crippen molar-refractivity contribution in [1.82, 2.24) is 14.8 Å². The summed E-state index contributed by atoms with van der Waals surface area (Å²) in [5.74, 6) is 0.793. The summed E-state index contributed by atoms with van der Waals surface area (Å²) in [6, 6.07) is 17.2. The van der Waals surface area contributed by atoms with E-state index in [9.17, 15) is 4.79 Å². The Labute approximate surface area is 183 Å². The third-order valence-electron chi connectivity index (χ3n) is 4.36. The van der Waals surface area contributed by atoms with Crippen LogP contribution < -0.4 is 10.1 Å². The normalized spacial score (nSPS) is 10.7. The number of aryl methyl sites for hydroxylation is 1. The van der Waals surface area contributed by atoms with Crippen LogP contribution in [0.2, 0.25) is 5.02 Å². The van der Waals surface area contributed by atoms with E-state index < -0.39 is 0 Å². The van der Waals surface area contributed by atoms with Crippen LogP contribution in [0.15, 0.2) is 66.3 Å². The van der Waals surface area contributed by atoms with Gasteiger partial charge in [0.25, 0.3) is 5.91 Å². The molecule has 0 aliphatic carbocycles. The highest BCUT2D eigenvalue weighted by Crippen LogP contribution is 2.20. The van der Waals surface area contributed by atoms with Gasteiger partial charge in [0.2, 0.25) is 5.95 Å². The molecule has 1 N–H and O–H groups in total. The van der Waals surface area contributed by atoms with Gasteiger partial charge in [-0.1, -0.05) is 47.5 Å². The fourth-order valence-electron chi connectivity index (χ4n) is 2.76. The minimum Gasteiger partial charge on any atom is -0.489 e. The SMILES string of the molecule is Cc1ccc(OCc2csc(C(=O)Nc3ncn(Cc4ccccc4Cl)n3)c2)cc1. The maximum atomic E-state index is 12.5. The van der Waals surface area contributed by atoms with Crippen LogP contribution in [0.25, 0.3) is 0 Å². The molecule has 0 spiro atoms. The summed E-state index contributed by atoms with van der Waals surface area (Å²) in [5.41, 5.74) is 3.04. The minimum absolute atomic E-state index is 0.248. The van der Waals surface area contributed by atoms with Crippen molar-refractivity contribution in [3.8, 4) is 5.75 Å². The highest BCUT2D eigenvalue weighted by Gasteiger charge is 2.13. The molecule has 0 bridgehead atoms. The van der Waals surface area contributed by atoms with E-state index in [0.29, 0.717) is 23.1 Å². The van der Waals surface area contributed by atoms with E-state index in [4.69, 9.17) is 16.3 Å². The number of ether oxygens (including phenoxy) is 1. The predicted octanol–water partition coefficient (Wildman–Crippen LogP) is 5.18. The first kappa shape index (κ1) is 20.1. The fourth-order valence-corrected chi connectivity index (χ4v) is 3.75. The van der Waals surface area contributed by atoms with Crippen molar-refractivity contribution in [2.24, 2.45) is 0 Å². The molecule has 4 aromatic rings. The second-order valence-electron chi connectivity index (χ2n) is 6.73. The summed E-state index contributed by atoms with van der Waals surface area (Å²) in [4.78, 5) is 17.2. The van der Waals surface area contributed by atoms with Crippen molar-refractivity contribution in [2.45, 2.75) is 20.1 Å². The van der Waals surface area contributed by atoms with Crippen molar-refractivity contribution >= 4 is 34.8 Å². The molecule has 30 heavy (non-hydrogen) atoms. The molecule has 6 nitrogen and oxygen atoms in total. The molecule has 2 aromatic carbocycles. The lowest BCUT2D eigenvalue weighted by Gasteiger charge is -2.04. The number of carbonyl (C=O) groups is 1. The van der Waals surface area contributed by atoms with Gasteiger partial charge < -0.3 is 4.74 Å². The number of benzene rings is 2. The molecule has 2 heterocycles. The Bertz CT molecular complexity index is 1150. The molecular weight excluding hydrogens is 420 g/mol. The van der Waals surface area contributed by atoms with E-state index in [2.05, 4.69) is 15.4 Å². The van der Waals surface area contributed by atoms with Crippen molar-refractivity contribution < 1.29 is 9.53 Å². The molecule has 0 atom stereocenters. The van der Waals surface area contributed by atoms with Crippen LogP contribution in [0, 0.1) is 6.92 Å². The van der Waals surface area contributed by atoms with Gasteiger partial charge in [-0.25, -0.2) is 9.67 Å². The van der Waals surface area contributed by atoms with Crippen LogP contribution in [-0.4, -0.2) is 20.7 Å². The lowest BCUT2D eigenvalue weighted by molar-refractivity contribution is 0.102. The first-order valence-electron chi connectivity index (χ1n) is 9.28. The van der Waals surface area contributed by atoms with Gasteiger partial charge in [-0.2, -0.15) is 0 Å². The summed E-state index contributed by atoms with van der Waals surface area (Å²) in [6.45, 7) is 2.90. The van der Waals surface area contributed by atoms with Crippen LogP contribution in [0.4, 0.5) is 5.95 Å². The third kappa shape index (κ3) is 5.06. The molecule has 0 fully saturated rings. The Morgan fingerprint density at radius 3 is 2.80 bits per heavy atom. The van der Waals surface area contributed by atoms with Gasteiger partial charge in [0.15, 0.2) is 0 Å². The van der Waals surface area contributed by atoms with Gasteiger partial charge in [-0.3, -0.25) is 10.1 Å². The zero-order valence-corrected chi connectivity index (χ0v) is 17.8. The molecule has 0 saturated carbocycles. The van der Waals surface area contributed by atoms with Gasteiger partial charge in [0.05, 0.1) is 11.4 Å². The standard InChI is InChI=1S/C22H19ClN4O2S/c1-15-6-8-18(9-7-15)29-12-16-10-20(30-13-16)21(28)25-22-24-14-27(26-22)11-17-4-2-3-5-19(17)23/h2-10,13-14H,11-12H2,1H3,(H,25,26,28). The molecule has 1 amide bonds. The third-order valence-corrected chi connectivity index (χ3v) is 5.70. The van der Waals surface area contributed by atoms with Crippen molar-refractivity contribution in [3.05, 3.63) is 92.9 Å². The topological polar surface area (TPSA) is 69.0 Å². The van der Waals surface area contributed by atoms with E-state index in [1.54, 1.807) is 11.0 Å². The molecule has 0 saturated heterocycles. The number of nitrogens with one attached hydrogen (secondary N) is 1. The number of aromatic nitrogens is 3. The van der Waals surface area contributed by atoms with E-state index in [-0.39, 0.29) is 11.9 Å².